The molecule has 0 aromatic heterocycles. The van der Waals surface area contributed by atoms with Gasteiger partial charge in [0.25, 0.3) is 0 Å². The number of nitrogens with zero attached hydrogens (tertiary/aromatic N) is 1. The molecule has 0 aliphatic heterocycles. The molecule has 1 amide bonds. The second kappa shape index (κ2) is 5.50. The van der Waals surface area contributed by atoms with Gasteiger partial charge >= 0.3 is 0 Å². The van der Waals surface area contributed by atoms with Crippen molar-refractivity contribution >= 4 is 40.6 Å². The minimum atomic E-state index is -0.972. The monoisotopic (exact) mass is 315 g/mol. The van der Waals surface area contributed by atoms with Crippen molar-refractivity contribution in [3.63, 3.8) is 0 Å². The largest absolute Gasteiger partial charge is 0.409 e. The van der Waals surface area contributed by atoms with Crippen LogP contribution in [-0.2, 0) is 4.79 Å². The van der Waals surface area contributed by atoms with E-state index in [0.29, 0.717) is 29.5 Å². The van der Waals surface area contributed by atoms with Crippen LogP contribution in [0.3, 0.4) is 0 Å². The molecule has 0 bridgehead atoms. The number of anilines is 1. The number of hydrogen-bond acceptors (Lipinski definition) is 3. The lowest BCUT2D eigenvalue weighted by molar-refractivity contribution is -0.127. The molecule has 20 heavy (non-hydrogen) atoms. The Labute approximate surface area is 126 Å². The minimum absolute atomic E-state index is 0.0775. The summed E-state index contributed by atoms with van der Waals surface area (Å²) in [6.45, 7) is 2.00. The Bertz CT molecular complexity index is 569. The zero-order valence-electron chi connectivity index (χ0n) is 10.9. The molecule has 0 unspecified atom stereocenters. The molecule has 0 atom stereocenters. The number of rotatable bonds is 3. The molecule has 4 N–H and O–H groups in total. The van der Waals surface area contributed by atoms with E-state index in [1.54, 1.807) is 18.2 Å². The molecule has 108 valence electrons. The molecule has 0 saturated heterocycles. The Morgan fingerprint density at radius 2 is 2.15 bits per heavy atom. The van der Waals surface area contributed by atoms with Gasteiger partial charge in [0.05, 0.1) is 15.7 Å². The van der Waals surface area contributed by atoms with Gasteiger partial charge in [-0.2, -0.15) is 0 Å². The highest BCUT2D eigenvalue weighted by Crippen LogP contribution is 2.46. The maximum absolute atomic E-state index is 12.4. The maximum Gasteiger partial charge on any atom is 0.238 e. The Morgan fingerprint density at radius 1 is 1.50 bits per heavy atom. The van der Waals surface area contributed by atoms with E-state index >= 15 is 0 Å². The van der Waals surface area contributed by atoms with Crippen molar-refractivity contribution in [1.82, 2.24) is 0 Å². The van der Waals surface area contributed by atoms with Crippen molar-refractivity contribution in [2.75, 3.05) is 5.32 Å². The third kappa shape index (κ3) is 2.43. The van der Waals surface area contributed by atoms with Crippen molar-refractivity contribution in [2.24, 2.45) is 22.2 Å². The second-order valence-electron chi connectivity index (χ2n) is 5.14. The molecule has 0 heterocycles. The Morgan fingerprint density at radius 3 is 2.70 bits per heavy atom. The summed E-state index contributed by atoms with van der Waals surface area (Å²) in [7, 11) is 0. The number of amides is 1. The van der Waals surface area contributed by atoms with Crippen molar-refractivity contribution in [3.8, 4) is 0 Å². The summed E-state index contributed by atoms with van der Waals surface area (Å²) in [6, 6.07) is 4.96. The number of oxime groups is 1. The summed E-state index contributed by atoms with van der Waals surface area (Å²) in [5, 5.41) is 15.2. The molecule has 1 aliphatic carbocycles. The van der Waals surface area contributed by atoms with Crippen molar-refractivity contribution in [3.05, 3.63) is 28.2 Å². The third-order valence-corrected chi connectivity index (χ3v) is 4.45. The average molecular weight is 316 g/mol. The number of amidine groups is 1. The van der Waals surface area contributed by atoms with E-state index in [1.165, 1.54) is 0 Å². The van der Waals surface area contributed by atoms with Gasteiger partial charge in [-0.15, -0.1) is 0 Å². The van der Waals surface area contributed by atoms with Gasteiger partial charge in [0.15, 0.2) is 5.84 Å². The topological polar surface area (TPSA) is 87.7 Å². The van der Waals surface area contributed by atoms with E-state index in [1.807, 2.05) is 6.92 Å². The van der Waals surface area contributed by atoms with Crippen LogP contribution >= 0.6 is 23.2 Å². The van der Waals surface area contributed by atoms with Crippen LogP contribution < -0.4 is 11.1 Å². The molecular weight excluding hydrogens is 301 g/mol. The fourth-order valence-corrected chi connectivity index (χ4v) is 2.93. The fraction of sp³-hybridized carbons (Fsp3) is 0.385. The molecule has 5 nitrogen and oxygen atoms in total. The Kier molecular flexibility index (Phi) is 4.11. The number of nitrogens with two attached hydrogens (primary N) is 1. The van der Waals surface area contributed by atoms with Crippen LogP contribution in [0.25, 0.3) is 0 Å². The average Bonchev–Trinajstić information content (AvgIpc) is 2.39. The highest BCUT2D eigenvalue weighted by molar-refractivity contribution is 6.44. The summed E-state index contributed by atoms with van der Waals surface area (Å²) in [4.78, 5) is 12.4. The first kappa shape index (κ1) is 14.9. The van der Waals surface area contributed by atoms with Gasteiger partial charge in [-0.1, -0.05) is 41.3 Å². The molecular formula is C13H15Cl2N3O2. The van der Waals surface area contributed by atoms with Gasteiger partial charge < -0.3 is 16.3 Å². The number of benzene rings is 1. The molecule has 0 radical (unpaired) electrons. The zero-order chi connectivity index (χ0) is 14.9. The predicted molar refractivity (Wildman–Crippen MR) is 79.3 cm³/mol. The van der Waals surface area contributed by atoms with Gasteiger partial charge in [0.2, 0.25) is 5.91 Å². The van der Waals surface area contributed by atoms with Crippen LogP contribution in [0.15, 0.2) is 23.4 Å². The minimum Gasteiger partial charge on any atom is -0.409 e. The zero-order valence-corrected chi connectivity index (χ0v) is 12.4. The lowest BCUT2D eigenvalue weighted by Gasteiger charge is -2.43. The number of hydrogen-bond donors (Lipinski definition) is 3. The van der Waals surface area contributed by atoms with Gasteiger partial charge in [-0.3, -0.25) is 4.79 Å². The summed E-state index contributed by atoms with van der Waals surface area (Å²) in [5.74, 6) is -0.0720. The van der Waals surface area contributed by atoms with Crippen LogP contribution in [0.2, 0.25) is 10.0 Å². The summed E-state index contributed by atoms with van der Waals surface area (Å²) in [5.41, 5.74) is 5.12. The van der Waals surface area contributed by atoms with E-state index in [9.17, 15) is 4.79 Å². The molecule has 1 aromatic carbocycles. The normalized spacial score (nSPS) is 25.9. The van der Waals surface area contributed by atoms with E-state index in [-0.39, 0.29) is 16.8 Å². The molecule has 1 saturated carbocycles. The van der Waals surface area contributed by atoms with Crippen LogP contribution in [0.5, 0.6) is 0 Å². The first-order valence-electron chi connectivity index (χ1n) is 6.14. The molecule has 1 aliphatic rings. The molecule has 7 heteroatoms. The number of carbonyl (C=O) groups excluding carboxylic acids is 1. The Balaban J connectivity index is 2.25. The van der Waals surface area contributed by atoms with Crippen LogP contribution in [0, 0.1) is 11.3 Å². The van der Waals surface area contributed by atoms with Crippen LogP contribution in [-0.4, -0.2) is 17.0 Å². The van der Waals surface area contributed by atoms with Crippen molar-refractivity contribution in [1.29, 1.82) is 0 Å². The van der Waals surface area contributed by atoms with Crippen LogP contribution in [0.1, 0.15) is 19.8 Å². The van der Waals surface area contributed by atoms with Gasteiger partial charge in [0.1, 0.15) is 5.41 Å². The first-order valence-corrected chi connectivity index (χ1v) is 6.90. The van der Waals surface area contributed by atoms with Gasteiger partial charge in [0, 0.05) is 0 Å². The second-order valence-corrected chi connectivity index (χ2v) is 5.92. The SMILES string of the molecule is CC1CC(C(=O)Nc2cccc(Cl)c2Cl)(/C(N)=N/O)C1. The molecule has 1 fully saturated rings. The van der Waals surface area contributed by atoms with E-state index in [0.717, 1.165) is 0 Å². The Hall–Kier alpha value is -1.46. The lowest BCUT2D eigenvalue weighted by atomic mass is 9.61. The maximum atomic E-state index is 12.4. The number of halogens is 2. The highest BCUT2D eigenvalue weighted by Gasteiger charge is 2.52. The summed E-state index contributed by atoms with van der Waals surface area (Å²) in [6.07, 6.45) is 1.07. The van der Waals surface area contributed by atoms with Gasteiger partial charge in [-0.05, 0) is 30.9 Å². The molecule has 2 rings (SSSR count). The smallest absolute Gasteiger partial charge is 0.238 e. The highest BCUT2D eigenvalue weighted by atomic mass is 35.5. The molecule has 0 spiro atoms. The van der Waals surface area contributed by atoms with Crippen molar-refractivity contribution < 1.29 is 10.0 Å². The van der Waals surface area contributed by atoms with E-state index in [2.05, 4.69) is 10.5 Å². The summed E-state index contributed by atoms with van der Waals surface area (Å²) < 4.78 is 0. The van der Waals surface area contributed by atoms with Crippen LogP contribution in [0.4, 0.5) is 5.69 Å². The quantitative estimate of drug-likeness (QED) is 0.346. The van der Waals surface area contributed by atoms with Crippen molar-refractivity contribution in [2.45, 2.75) is 19.8 Å². The van der Waals surface area contributed by atoms with Gasteiger partial charge in [-0.25, -0.2) is 0 Å². The first-order chi connectivity index (χ1) is 9.40. The predicted octanol–water partition coefficient (Wildman–Crippen LogP) is 3.09. The summed E-state index contributed by atoms with van der Waals surface area (Å²) >= 11 is 11.9. The van der Waals surface area contributed by atoms with E-state index in [4.69, 9.17) is 34.1 Å². The molecule has 1 aromatic rings. The number of carbonyl (C=O) groups is 1. The number of nitrogens with one attached hydrogen (secondary N) is 1. The third-order valence-electron chi connectivity index (χ3n) is 3.63. The fourth-order valence-electron chi connectivity index (χ4n) is 2.58. The lowest BCUT2D eigenvalue weighted by Crippen LogP contribution is -2.54. The van der Waals surface area contributed by atoms with E-state index < -0.39 is 5.41 Å². The standard InChI is InChI=1S/C13H15Cl2N3O2/c1-7-5-13(6-7,11(16)18-20)12(19)17-9-4-2-3-8(14)10(9)15/h2-4,7,20H,5-6H2,1H3,(H2,16,18)(H,17,19).